The summed E-state index contributed by atoms with van der Waals surface area (Å²) in [6, 6.07) is 5.88. The first-order valence-electron chi connectivity index (χ1n) is 8.88. The molecule has 1 amide bonds. The number of hydrogen-bond donors (Lipinski definition) is 2. The maximum atomic E-state index is 12.8. The molecule has 0 spiro atoms. The number of pyridine rings is 1. The number of carbonyl (C=O) groups is 1. The van der Waals surface area contributed by atoms with Gasteiger partial charge in [-0.1, -0.05) is 6.07 Å². The van der Waals surface area contributed by atoms with Gasteiger partial charge in [-0.05, 0) is 56.7 Å². The van der Waals surface area contributed by atoms with Crippen LogP contribution in [0.2, 0.25) is 0 Å². The summed E-state index contributed by atoms with van der Waals surface area (Å²) in [4.78, 5) is 19.7. The van der Waals surface area contributed by atoms with Gasteiger partial charge in [0.1, 0.15) is 0 Å². The lowest BCUT2D eigenvalue weighted by Gasteiger charge is -2.36. The quantitative estimate of drug-likeness (QED) is 0.858. The van der Waals surface area contributed by atoms with Crippen LogP contribution in [0.3, 0.4) is 0 Å². The van der Waals surface area contributed by atoms with Gasteiger partial charge in [-0.3, -0.25) is 9.78 Å². The van der Waals surface area contributed by atoms with Crippen molar-refractivity contribution in [1.29, 1.82) is 0 Å². The van der Waals surface area contributed by atoms with E-state index in [1.54, 1.807) is 6.20 Å². The second-order valence-corrected chi connectivity index (χ2v) is 7.55. The number of carbonyl (C=O) groups excluding carboxylic acids is 1. The molecule has 2 saturated carbocycles. The highest BCUT2D eigenvalue weighted by Crippen LogP contribution is 2.44. The summed E-state index contributed by atoms with van der Waals surface area (Å²) in [6.07, 6.45) is 7.37. The molecule has 0 aromatic carbocycles. The first kappa shape index (κ1) is 15.1. The molecule has 1 aliphatic heterocycles. The van der Waals surface area contributed by atoms with Crippen LogP contribution in [-0.4, -0.2) is 41.5 Å². The molecule has 0 bridgehead atoms. The van der Waals surface area contributed by atoms with Gasteiger partial charge in [-0.25, -0.2) is 0 Å². The van der Waals surface area contributed by atoms with Crippen LogP contribution in [0.1, 0.15) is 37.8 Å². The zero-order valence-electron chi connectivity index (χ0n) is 13.6. The highest BCUT2D eigenvalue weighted by molar-refractivity contribution is 5.81. The van der Waals surface area contributed by atoms with E-state index < -0.39 is 0 Å². The van der Waals surface area contributed by atoms with Gasteiger partial charge >= 0.3 is 0 Å². The maximum Gasteiger partial charge on any atom is 0.226 e. The number of piperidine rings is 1. The van der Waals surface area contributed by atoms with E-state index in [0.29, 0.717) is 0 Å². The summed E-state index contributed by atoms with van der Waals surface area (Å²) in [5, 5.41) is 3.27. The molecule has 3 aliphatic rings. The van der Waals surface area contributed by atoms with E-state index in [1.165, 1.54) is 12.8 Å². The number of nitrogens with one attached hydrogen (secondary N) is 1. The summed E-state index contributed by atoms with van der Waals surface area (Å²) in [6.45, 7) is 2.98. The van der Waals surface area contributed by atoms with Crippen LogP contribution in [0.4, 0.5) is 0 Å². The number of likely N-dealkylation sites (tertiary alicyclic amines) is 1. The predicted octanol–water partition coefficient (Wildman–Crippen LogP) is 1.25. The van der Waals surface area contributed by atoms with Crippen molar-refractivity contribution in [2.75, 3.05) is 19.6 Å². The Bertz CT molecular complexity index is 568. The monoisotopic (exact) mass is 314 g/mol. The van der Waals surface area contributed by atoms with Crippen molar-refractivity contribution in [3.63, 3.8) is 0 Å². The molecule has 3 N–H and O–H groups in total. The average molecular weight is 314 g/mol. The van der Waals surface area contributed by atoms with Crippen molar-refractivity contribution in [2.24, 2.45) is 17.6 Å². The minimum Gasteiger partial charge on any atom is -0.345 e. The normalized spacial score (nSPS) is 30.0. The zero-order chi connectivity index (χ0) is 15.9. The van der Waals surface area contributed by atoms with E-state index in [-0.39, 0.29) is 23.4 Å². The van der Waals surface area contributed by atoms with Gasteiger partial charge in [0.25, 0.3) is 0 Å². The molecule has 3 fully saturated rings. The largest absolute Gasteiger partial charge is 0.345 e. The number of nitrogens with zero attached hydrogens (tertiary/aromatic N) is 2. The third-order valence-electron chi connectivity index (χ3n) is 5.57. The van der Waals surface area contributed by atoms with Crippen LogP contribution in [0.5, 0.6) is 0 Å². The van der Waals surface area contributed by atoms with E-state index in [0.717, 1.165) is 50.5 Å². The Morgan fingerprint density at radius 1 is 1.35 bits per heavy atom. The fourth-order valence-electron chi connectivity index (χ4n) is 3.69. The topological polar surface area (TPSA) is 71.2 Å². The summed E-state index contributed by atoms with van der Waals surface area (Å²) in [5.41, 5.74) is 7.00. The van der Waals surface area contributed by atoms with E-state index in [4.69, 9.17) is 5.73 Å². The molecule has 1 aromatic rings. The van der Waals surface area contributed by atoms with Crippen molar-refractivity contribution >= 4 is 5.91 Å². The van der Waals surface area contributed by atoms with Gasteiger partial charge in [0.2, 0.25) is 5.91 Å². The lowest BCUT2D eigenvalue weighted by Crippen LogP contribution is -2.54. The Labute approximate surface area is 137 Å². The molecule has 2 heterocycles. The smallest absolute Gasteiger partial charge is 0.226 e. The fourth-order valence-corrected chi connectivity index (χ4v) is 3.69. The molecule has 4 rings (SSSR count). The van der Waals surface area contributed by atoms with Crippen LogP contribution in [-0.2, 0) is 10.3 Å². The van der Waals surface area contributed by atoms with Gasteiger partial charge in [0.15, 0.2) is 0 Å². The average Bonchev–Trinajstić information content (AvgIpc) is 3.47. The predicted molar refractivity (Wildman–Crippen MR) is 88.5 cm³/mol. The molecule has 5 nitrogen and oxygen atoms in total. The lowest BCUT2D eigenvalue weighted by atomic mass is 9.91. The first-order chi connectivity index (χ1) is 11.2. The van der Waals surface area contributed by atoms with Gasteiger partial charge in [0.05, 0.1) is 17.2 Å². The minimum absolute atomic E-state index is 0.0232. The van der Waals surface area contributed by atoms with Crippen LogP contribution in [0.25, 0.3) is 0 Å². The molecular weight excluding hydrogens is 288 g/mol. The van der Waals surface area contributed by atoms with Gasteiger partial charge in [0, 0.05) is 25.3 Å². The molecule has 0 radical (unpaired) electrons. The highest BCUT2D eigenvalue weighted by Gasteiger charge is 2.48. The Hall–Kier alpha value is -1.46. The fraction of sp³-hybridized carbons (Fsp3) is 0.667. The highest BCUT2D eigenvalue weighted by atomic mass is 16.2. The van der Waals surface area contributed by atoms with Crippen LogP contribution in [0.15, 0.2) is 24.4 Å². The zero-order valence-corrected chi connectivity index (χ0v) is 13.6. The number of nitrogens with two attached hydrogens (primary N) is 1. The van der Waals surface area contributed by atoms with Crippen molar-refractivity contribution in [3.8, 4) is 0 Å². The van der Waals surface area contributed by atoms with E-state index in [2.05, 4.69) is 15.2 Å². The number of hydrogen-bond acceptors (Lipinski definition) is 4. The second-order valence-electron chi connectivity index (χ2n) is 7.55. The lowest BCUT2D eigenvalue weighted by molar-refractivity contribution is -0.128. The van der Waals surface area contributed by atoms with Gasteiger partial charge < -0.3 is 16.0 Å². The molecule has 2 aliphatic carbocycles. The standard InChI is InChI=1S/C18H26N4O/c19-15-6-10-22(11-13-4-5-13)12-14(15)17(23)21-18(7-8-18)16-3-1-2-9-20-16/h1-3,9,13-15H,4-8,10-12,19H2,(H,21,23)/t14-,15-/m1/s1. The molecule has 1 saturated heterocycles. The summed E-state index contributed by atoms with van der Waals surface area (Å²) in [5.74, 6) is 0.876. The molecule has 124 valence electrons. The molecule has 2 atom stereocenters. The summed E-state index contributed by atoms with van der Waals surface area (Å²) >= 11 is 0. The Morgan fingerprint density at radius 2 is 2.17 bits per heavy atom. The molecule has 0 unspecified atom stereocenters. The van der Waals surface area contributed by atoms with Crippen LogP contribution < -0.4 is 11.1 Å². The van der Waals surface area contributed by atoms with Gasteiger partial charge in [-0.15, -0.1) is 0 Å². The van der Waals surface area contributed by atoms with Crippen LogP contribution in [0, 0.1) is 11.8 Å². The number of aromatic nitrogens is 1. The van der Waals surface area contributed by atoms with Crippen molar-refractivity contribution in [1.82, 2.24) is 15.2 Å². The third kappa shape index (κ3) is 3.26. The minimum atomic E-state index is -0.239. The van der Waals surface area contributed by atoms with E-state index in [9.17, 15) is 4.79 Å². The number of amides is 1. The molecular formula is C18H26N4O. The van der Waals surface area contributed by atoms with E-state index in [1.807, 2.05) is 18.2 Å². The van der Waals surface area contributed by atoms with E-state index >= 15 is 0 Å². The Kier molecular flexibility index (Phi) is 3.85. The third-order valence-corrected chi connectivity index (χ3v) is 5.57. The Balaban J connectivity index is 1.41. The van der Waals surface area contributed by atoms with Crippen molar-refractivity contribution in [3.05, 3.63) is 30.1 Å². The SMILES string of the molecule is N[C@@H]1CCN(CC2CC2)C[C@H]1C(=O)NC1(c2ccccn2)CC1. The molecule has 1 aromatic heterocycles. The number of rotatable bonds is 5. The molecule has 5 heteroatoms. The second kappa shape index (κ2) is 5.87. The van der Waals surface area contributed by atoms with Crippen molar-refractivity contribution in [2.45, 2.75) is 43.7 Å². The van der Waals surface area contributed by atoms with Gasteiger partial charge in [-0.2, -0.15) is 0 Å². The summed E-state index contributed by atoms with van der Waals surface area (Å²) in [7, 11) is 0. The van der Waals surface area contributed by atoms with Crippen molar-refractivity contribution < 1.29 is 4.79 Å². The molecule has 23 heavy (non-hydrogen) atoms. The first-order valence-corrected chi connectivity index (χ1v) is 8.88. The van der Waals surface area contributed by atoms with Crippen LogP contribution >= 0.6 is 0 Å². The maximum absolute atomic E-state index is 12.8. The summed E-state index contributed by atoms with van der Waals surface area (Å²) < 4.78 is 0. The Morgan fingerprint density at radius 3 is 2.83 bits per heavy atom.